The third-order valence-corrected chi connectivity index (χ3v) is 5.43. The molecule has 0 aliphatic carbocycles. The molecule has 0 aliphatic heterocycles. The van der Waals surface area contributed by atoms with E-state index in [-0.39, 0.29) is 16.6 Å². The van der Waals surface area contributed by atoms with Crippen molar-refractivity contribution in [2.75, 3.05) is 4.72 Å². The lowest BCUT2D eigenvalue weighted by atomic mass is 10.2. The molecule has 0 saturated heterocycles. The molecule has 0 bridgehead atoms. The number of hydrogen-bond acceptors (Lipinski definition) is 5. The van der Waals surface area contributed by atoms with E-state index in [0.717, 1.165) is 12.1 Å². The Morgan fingerprint density at radius 2 is 1.31 bits per heavy atom. The molecular weight excluding hydrogens is 400 g/mol. The Labute approximate surface area is 164 Å². The van der Waals surface area contributed by atoms with Crippen molar-refractivity contribution in [2.45, 2.75) is 4.90 Å². The minimum Gasteiger partial charge on any atom is -0.334 e. The molecule has 3 aromatic carbocycles. The summed E-state index contributed by atoms with van der Waals surface area (Å²) >= 11 is 0. The highest BCUT2D eigenvalue weighted by atomic mass is 32.2. The molecule has 0 unspecified atom stereocenters. The Hall–Kier alpha value is -3.59. The zero-order valence-electron chi connectivity index (χ0n) is 14.7. The quantitative estimate of drug-likeness (QED) is 0.521. The molecule has 0 saturated carbocycles. The maximum atomic E-state index is 13.0. The van der Waals surface area contributed by atoms with Crippen molar-refractivity contribution < 1.29 is 21.7 Å². The van der Waals surface area contributed by atoms with Crippen LogP contribution in [-0.2, 0) is 10.0 Å². The molecule has 6 nitrogen and oxygen atoms in total. The zero-order valence-corrected chi connectivity index (χ0v) is 15.5. The Kier molecular flexibility index (Phi) is 4.81. The lowest BCUT2D eigenvalue weighted by molar-refractivity contribution is 0.432. The van der Waals surface area contributed by atoms with Gasteiger partial charge in [0.1, 0.15) is 11.6 Å². The first-order valence-corrected chi connectivity index (χ1v) is 9.87. The smallest absolute Gasteiger partial charge is 0.261 e. The fraction of sp³-hybridized carbons (Fsp3) is 0. The van der Waals surface area contributed by atoms with Gasteiger partial charge in [-0.25, -0.2) is 17.2 Å². The normalized spacial score (nSPS) is 11.4. The van der Waals surface area contributed by atoms with Crippen LogP contribution in [0.4, 0.5) is 14.5 Å². The van der Waals surface area contributed by atoms with E-state index >= 15 is 0 Å². The summed E-state index contributed by atoms with van der Waals surface area (Å²) in [6.45, 7) is 0. The summed E-state index contributed by atoms with van der Waals surface area (Å²) in [6.07, 6.45) is 0. The molecule has 0 fully saturated rings. The van der Waals surface area contributed by atoms with Crippen LogP contribution >= 0.6 is 0 Å². The second-order valence-corrected chi connectivity index (χ2v) is 7.75. The summed E-state index contributed by atoms with van der Waals surface area (Å²) in [5.41, 5.74) is 1.50. The molecule has 146 valence electrons. The number of aromatic nitrogens is 2. The molecule has 0 amide bonds. The maximum absolute atomic E-state index is 13.0. The third kappa shape index (κ3) is 4.14. The van der Waals surface area contributed by atoms with Crippen molar-refractivity contribution in [3.8, 4) is 22.8 Å². The van der Waals surface area contributed by atoms with Crippen LogP contribution < -0.4 is 4.72 Å². The molecular formula is C20H13F2N3O3S. The number of nitrogens with one attached hydrogen (secondary N) is 1. The van der Waals surface area contributed by atoms with Crippen LogP contribution in [0, 0.1) is 11.6 Å². The molecule has 4 rings (SSSR count). The van der Waals surface area contributed by atoms with E-state index in [4.69, 9.17) is 4.52 Å². The molecule has 0 atom stereocenters. The number of nitrogens with zero attached hydrogens (tertiary/aromatic N) is 2. The number of anilines is 1. The van der Waals surface area contributed by atoms with Crippen LogP contribution in [-0.4, -0.2) is 18.6 Å². The van der Waals surface area contributed by atoms with E-state index in [1.165, 1.54) is 36.4 Å². The highest BCUT2D eigenvalue weighted by Gasteiger charge is 2.15. The van der Waals surface area contributed by atoms with Crippen LogP contribution in [0.15, 0.2) is 82.2 Å². The van der Waals surface area contributed by atoms with E-state index in [1.54, 1.807) is 24.3 Å². The number of hydrogen-bond donors (Lipinski definition) is 1. The van der Waals surface area contributed by atoms with E-state index in [2.05, 4.69) is 14.9 Å². The molecule has 1 heterocycles. The summed E-state index contributed by atoms with van der Waals surface area (Å²) in [6, 6.07) is 16.5. The lowest BCUT2D eigenvalue weighted by Crippen LogP contribution is -2.12. The highest BCUT2D eigenvalue weighted by Crippen LogP contribution is 2.24. The topological polar surface area (TPSA) is 85.1 Å². The van der Waals surface area contributed by atoms with Crippen molar-refractivity contribution >= 4 is 15.7 Å². The number of rotatable bonds is 5. The number of benzene rings is 3. The van der Waals surface area contributed by atoms with Gasteiger partial charge in [0.05, 0.1) is 4.90 Å². The van der Waals surface area contributed by atoms with E-state index < -0.39 is 15.8 Å². The van der Waals surface area contributed by atoms with Gasteiger partial charge in [-0.1, -0.05) is 5.16 Å². The highest BCUT2D eigenvalue weighted by molar-refractivity contribution is 7.92. The minimum atomic E-state index is -3.84. The Bertz CT molecular complexity index is 1240. The third-order valence-electron chi connectivity index (χ3n) is 4.04. The SMILES string of the molecule is O=S(=O)(Nc1ccc(-c2noc(-c3ccc(F)cc3)n2)cc1)c1ccc(F)cc1. The summed E-state index contributed by atoms with van der Waals surface area (Å²) in [7, 11) is -3.84. The molecule has 0 spiro atoms. The van der Waals surface area contributed by atoms with Gasteiger partial charge in [-0.15, -0.1) is 0 Å². The summed E-state index contributed by atoms with van der Waals surface area (Å²) in [4.78, 5) is 4.22. The van der Waals surface area contributed by atoms with Crippen LogP contribution in [0.2, 0.25) is 0 Å². The van der Waals surface area contributed by atoms with Gasteiger partial charge >= 0.3 is 0 Å². The fourth-order valence-electron chi connectivity index (χ4n) is 2.57. The number of sulfonamides is 1. The first kappa shape index (κ1) is 18.8. The second-order valence-electron chi connectivity index (χ2n) is 6.07. The van der Waals surface area contributed by atoms with Crippen molar-refractivity contribution in [1.82, 2.24) is 10.1 Å². The standard InChI is InChI=1S/C20H13F2N3O3S/c21-15-5-1-14(2-6-15)20-23-19(24-28-20)13-3-9-17(10-4-13)25-29(26,27)18-11-7-16(22)8-12-18/h1-12,25H. The molecule has 1 aromatic heterocycles. The Balaban J connectivity index is 1.52. The number of halogens is 2. The van der Waals surface area contributed by atoms with Crippen molar-refractivity contribution in [3.05, 3.63) is 84.4 Å². The fourth-order valence-corrected chi connectivity index (χ4v) is 3.62. The van der Waals surface area contributed by atoms with Gasteiger partial charge in [0.25, 0.3) is 15.9 Å². The molecule has 29 heavy (non-hydrogen) atoms. The molecule has 9 heteroatoms. The first-order valence-electron chi connectivity index (χ1n) is 8.39. The first-order chi connectivity index (χ1) is 13.9. The average molecular weight is 413 g/mol. The van der Waals surface area contributed by atoms with Crippen LogP contribution in [0.25, 0.3) is 22.8 Å². The Morgan fingerprint density at radius 1 is 0.759 bits per heavy atom. The van der Waals surface area contributed by atoms with Gasteiger partial charge in [0.15, 0.2) is 0 Å². The molecule has 1 N–H and O–H groups in total. The largest absolute Gasteiger partial charge is 0.334 e. The van der Waals surface area contributed by atoms with Crippen molar-refractivity contribution in [1.29, 1.82) is 0 Å². The molecule has 0 radical (unpaired) electrons. The molecule has 0 aliphatic rings. The molecule has 4 aromatic rings. The minimum absolute atomic E-state index is 0.0508. The summed E-state index contributed by atoms with van der Waals surface area (Å²) in [5.74, 6) is -0.348. The predicted octanol–water partition coefficient (Wildman–Crippen LogP) is 4.48. The van der Waals surface area contributed by atoms with Gasteiger partial charge in [0, 0.05) is 16.8 Å². The van der Waals surface area contributed by atoms with Gasteiger partial charge in [-0.05, 0) is 72.8 Å². The van der Waals surface area contributed by atoms with Gasteiger partial charge in [-0.2, -0.15) is 4.98 Å². The van der Waals surface area contributed by atoms with E-state index in [0.29, 0.717) is 22.6 Å². The van der Waals surface area contributed by atoms with Crippen LogP contribution in [0.3, 0.4) is 0 Å². The lowest BCUT2D eigenvalue weighted by Gasteiger charge is -2.08. The monoisotopic (exact) mass is 413 g/mol. The van der Waals surface area contributed by atoms with Crippen LogP contribution in [0.1, 0.15) is 0 Å². The average Bonchev–Trinajstić information content (AvgIpc) is 3.19. The van der Waals surface area contributed by atoms with Gasteiger partial charge in [0.2, 0.25) is 5.82 Å². The Morgan fingerprint density at radius 3 is 1.93 bits per heavy atom. The maximum Gasteiger partial charge on any atom is 0.261 e. The van der Waals surface area contributed by atoms with Crippen molar-refractivity contribution in [3.63, 3.8) is 0 Å². The van der Waals surface area contributed by atoms with Gasteiger partial charge in [-0.3, -0.25) is 4.72 Å². The summed E-state index contributed by atoms with van der Waals surface area (Å²) in [5, 5.41) is 3.89. The van der Waals surface area contributed by atoms with Crippen LogP contribution in [0.5, 0.6) is 0 Å². The van der Waals surface area contributed by atoms with Crippen molar-refractivity contribution in [2.24, 2.45) is 0 Å². The second kappa shape index (κ2) is 7.44. The summed E-state index contributed by atoms with van der Waals surface area (Å²) < 4.78 is 58.3. The van der Waals surface area contributed by atoms with E-state index in [9.17, 15) is 17.2 Å². The van der Waals surface area contributed by atoms with E-state index in [1.807, 2.05) is 0 Å². The van der Waals surface area contributed by atoms with Gasteiger partial charge < -0.3 is 4.52 Å². The zero-order chi connectivity index (χ0) is 20.4. The predicted molar refractivity (Wildman–Crippen MR) is 102 cm³/mol.